The maximum Gasteiger partial charge on any atom is 0.335 e. The molecule has 1 aliphatic heterocycles. The Kier molecular flexibility index (Phi) is 3.70. The second-order valence-electron chi connectivity index (χ2n) is 4.43. The number of fused-ring (bicyclic) bond motifs is 1. The lowest BCUT2D eigenvalue weighted by atomic mass is 10.2. The van der Waals surface area contributed by atoms with Gasteiger partial charge in [-0.05, 0) is 51.8 Å². The molecule has 0 fully saturated rings. The van der Waals surface area contributed by atoms with Crippen LogP contribution in [0.5, 0.6) is 17.2 Å². The summed E-state index contributed by atoms with van der Waals surface area (Å²) in [7, 11) is 0. The fourth-order valence-electron chi connectivity index (χ4n) is 1.94. The zero-order valence-corrected chi connectivity index (χ0v) is 12.4. The molecule has 1 aliphatic rings. The lowest BCUT2D eigenvalue weighted by Crippen LogP contribution is -2.00. The summed E-state index contributed by atoms with van der Waals surface area (Å²) in [5.74, 6) is 0.894. The van der Waals surface area contributed by atoms with Gasteiger partial charge in [0.2, 0.25) is 6.79 Å². The van der Waals surface area contributed by atoms with Gasteiger partial charge in [0.15, 0.2) is 11.5 Å². The molecule has 0 unspecified atom stereocenters. The van der Waals surface area contributed by atoms with Gasteiger partial charge in [-0.25, -0.2) is 4.79 Å². The highest BCUT2D eigenvalue weighted by Gasteiger charge is 2.14. The van der Waals surface area contributed by atoms with Crippen LogP contribution in [0.4, 0.5) is 0 Å². The number of carboxylic acid groups (broad SMARTS) is 1. The van der Waals surface area contributed by atoms with Crippen LogP contribution in [0.15, 0.2) is 40.9 Å². The third-order valence-electron chi connectivity index (χ3n) is 3.01. The molecule has 0 bridgehead atoms. The second kappa shape index (κ2) is 5.65. The number of halogens is 1. The molecule has 5 nitrogen and oxygen atoms in total. The van der Waals surface area contributed by atoms with E-state index in [1.54, 1.807) is 6.07 Å². The minimum absolute atomic E-state index is 0.180. The molecule has 0 saturated carbocycles. The Hall–Kier alpha value is -2.21. The van der Waals surface area contributed by atoms with Crippen LogP contribution in [0.3, 0.4) is 0 Å². The van der Waals surface area contributed by atoms with Gasteiger partial charge in [-0.1, -0.05) is 6.07 Å². The molecule has 3 rings (SSSR count). The number of carboxylic acids is 1. The standard InChI is InChI=1S/C15H11BrO5/c16-11-3-2-10(15(17)18)6-13(11)19-7-9-1-4-12-14(5-9)21-8-20-12/h1-6H,7-8H2,(H,17,18). The molecule has 2 aromatic rings. The van der Waals surface area contributed by atoms with Crippen molar-refractivity contribution in [2.75, 3.05) is 6.79 Å². The highest BCUT2D eigenvalue weighted by molar-refractivity contribution is 9.10. The summed E-state index contributed by atoms with van der Waals surface area (Å²) >= 11 is 3.34. The van der Waals surface area contributed by atoms with Crippen LogP contribution >= 0.6 is 15.9 Å². The highest BCUT2D eigenvalue weighted by atomic mass is 79.9. The van der Waals surface area contributed by atoms with E-state index in [2.05, 4.69) is 15.9 Å². The molecule has 108 valence electrons. The summed E-state index contributed by atoms with van der Waals surface area (Å²) in [5.41, 5.74) is 1.09. The molecular formula is C15H11BrO5. The zero-order valence-electron chi connectivity index (χ0n) is 10.8. The van der Waals surface area contributed by atoms with E-state index in [9.17, 15) is 4.79 Å². The fraction of sp³-hybridized carbons (Fsp3) is 0.133. The number of aromatic carboxylic acids is 1. The van der Waals surface area contributed by atoms with Crippen molar-refractivity contribution in [2.45, 2.75) is 6.61 Å². The number of ether oxygens (including phenoxy) is 3. The third-order valence-corrected chi connectivity index (χ3v) is 3.66. The van der Waals surface area contributed by atoms with Crippen LogP contribution in [0.25, 0.3) is 0 Å². The number of benzene rings is 2. The predicted molar refractivity (Wildman–Crippen MR) is 78.0 cm³/mol. The average molecular weight is 351 g/mol. The van der Waals surface area contributed by atoms with Gasteiger partial charge in [0.25, 0.3) is 0 Å². The summed E-state index contributed by atoms with van der Waals surface area (Å²) in [6, 6.07) is 10.2. The lowest BCUT2D eigenvalue weighted by Gasteiger charge is -2.09. The summed E-state index contributed by atoms with van der Waals surface area (Å²) in [5, 5.41) is 8.99. The van der Waals surface area contributed by atoms with Gasteiger partial charge in [0, 0.05) is 0 Å². The van der Waals surface area contributed by atoms with E-state index in [1.807, 2.05) is 18.2 Å². The Morgan fingerprint density at radius 2 is 2.00 bits per heavy atom. The van der Waals surface area contributed by atoms with Crippen molar-refractivity contribution in [1.82, 2.24) is 0 Å². The molecule has 2 aromatic carbocycles. The van der Waals surface area contributed by atoms with Gasteiger partial charge in [-0.2, -0.15) is 0 Å². The van der Waals surface area contributed by atoms with E-state index in [4.69, 9.17) is 19.3 Å². The maximum atomic E-state index is 11.0. The summed E-state index contributed by atoms with van der Waals surface area (Å²) < 4.78 is 16.9. The van der Waals surface area contributed by atoms with Crippen LogP contribution in [0.1, 0.15) is 15.9 Å². The molecule has 0 aliphatic carbocycles. The van der Waals surface area contributed by atoms with Crippen LogP contribution in [0.2, 0.25) is 0 Å². The Morgan fingerprint density at radius 3 is 2.81 bits per heavy atom. The number of hydrogen-bond donors (Lipinski definition) is 1. The van der Waals surface area contributed by atoms with Crippen molar-refractivity contribution >= 4 is 21.9 Å². The van der Waals surface area contributed by atoms with Gasteiger partial charge in [0.1, 0.15) is 12.4 Å². The van der Waals surface area contributed by atoms with Crippen molar-refractivity contribution in [1.29, 1.82) is 0 Å². The van der Waals surface area contributed by atoms with Gasteiger partial charge in [0.05, 0.1) is 10.0 Å². The second-order valence-corrected chi connectivity index (χ2v) is 5.28. The monoisotopic (exact) mass is 350 g/mol. The first kappa shape index (κ1) is 13.8. The Balaban J connectivity index is 1.75. The molecule has 1 heterocycles. The van der Waals surface area contributed by atoms with E-state index < -0.39 is 5.97 Å². The van der Waals surface area contributed by atoms with Crippen LogP contribution in [-0.4, -0.2) is 17.9 Å². The Labute approximate surface area is 129 Å². The van der Waals surface area contributed by atoms with E-state index in [-0.39, 0.29) is 12.4 Å². The lowest BCUT2D eigenvalue weighted by molar-refractivity contribution is 0.0696. The van der Waals surface area contributed by atoms with E-state index in [1.165, 1.54) is 12.1 Å². The van der Waals surface area contributed by atoms with Gasteiger partial charge in [-0.3, -0.25) is 0 Å². The largest absolute Gasteiger partial charge is 0.488 e. The fourth-order valence-corrected chi connectivity index (χ4v) is 2.30. The molecule has 0 radical (unpaired) electrons. The molecule has 21 heavy (non-hydrogen) atoms. The molecule has 0 amide bonds. The van der Waals surface area contributed by atoms with E-state index in [0.29, 0.717) is 28.3 Å². The van der Waals surface area contributed by atoms with E-state index in [0.717, 1.165) is 5.56 Å². The van der Waals surface area contributed by atoms with Gasteiger partial charge < -0.3 is 19.3 Å². The zero-order chi connectivity index (χ0) is 14.8. The van der Waals surface area contributed by atoms with Crippen LogP contribution in [-0.2, 0) is 6.61 Å². The minimum atomic E-state index is -0.990. The molecule has 6 heteroatoms. The maximum absolute atomic E-state index is 11.0. The van der Waals surface area contributed by atoms with Gasteiger partial charge in [-0.15, -0.1) is 0 Å². The number of hydrogen-bond acceptors (Lipinski definition) is 4. The summed E-state index contributed by atoms with van der Waals surface area (Å²) in [6.45, 7) is 0.532. The van der Waals surface area contributed by atoms with Gasteiger partial charge >= 0.3 is 5.97 Å². The first-order valence-corrected chi connectivity index (χ1v) is 6.97. The summed E-state index contributed by atoms with van der Waals surface area (Å²) in [4.78, 5) is 11.0. The molecule has 0 saturated heterocycles. The quantitative estimate of drug-likeness (QED) is 0.914. The molecule has 0 aromatic heterocycles. The Morgan fingerprint density at radius 1 is 1.19 bits per heavy atom. The van der Waals surface area contributed by atoms with Crippen molar-refractivity contribution in [3.8, 4) is 17.2 Å². The Bertz CT molecular complexity index is 698. The molecule has 1 N–H and O–H groups in total. The first-order valence-electron chi connectivity index (χ1n) is 6.17. The normalized spacial score (nSPS) is 12.2. The number of carbonyl (C=O) groups is 1. The first-order chi connectivity index (χ1) is 10.1. The average Bonchev–Trinajstić information content (AvgIpc) is 2.93. The smallest absolute Gasteiger partial charge is 0.335 e. The molecule has 0 spiro atoms. The van der Waals surface area contributed by atoms with E-state index >= 15 is 0 Å². The van der Waals surface area contributed by atoms with Crippen LogP contribution in [0, 0.1) is 0 Å². The van der Waals surface area contributed by atoms with Crippen molar-refractivity contribution in [3.05, 3.63) is 52.0 Å². The van der Waals surface area contributed by atoms with Crippen LogP contribution < -0.4 is 14.2 Å². The summed E-state index contributed by atoms with van der Waals surface area (Å²) in [6.07, 6.45) is 0. The number of rotatable bonds is 4. The van der Waals surface area contributed by atoms with Crippen molar-refractivity contribution in [2.24, 2.45) is 0 Å². The third kappa shape index (κ3) is 2.95. The predicted octanol–water partition coefficient (Wildman–Crippen LogP) is 3.46. The van der Waals surface area contributed by atoms with Crippen molar-refractivity contribution < 1.29 is 24.1 Å². The highest BCUT2D eigenvalue weighted by Crippen LogP contribution is 2.33. The molecule has 0 atom stereocenters. The minimum Gasteiger partial charge on any atom is -0.488 e. The topological polar surface area (TPSA) is 65.0 Å². The van der Waals surface area contributed by atoms with Crippen molar-refractivity contribution in [3.63, 3.8) is 0 Å². The molecular weight excluding hydrogens is 340 g/mol. The SMILES string of the molecule is O=C(O)c1ccc(Br)c(OCc2ccc3c(c2)OCO3)c1.